The quantitative estimate of drug-likeness (QED) is 0.831. The maximum Gasteiger partial charge on any atom is 0.417 e. The van der Waals surface area contributed by atoms with Gasteiger partial charge >= 0.3 is 6.18 Å². The van der Waals surface area contributed by atoms with Crippen molar-refractivity contribution < 1.29 is 27.8 Å². The van der Waals surface area contributed by atoms with Gasteiger partial charge in [-0.1, -0.05) is 25.1 Å². The molecule has 0 fully saturated rings. The van der Waals surface area contributed by atoms with E-state index in [4.69, 9.17) is 9.47 Å². The maximum absolute atomic E-state index is 13.4. The molecule has 0 amide bonds. The van der Waals surface area contributed by atoms with Gasteiger partial charge in [0.15, 0.2) is 0 Å². The summed E-state index contributed by atoms with van der Waals surface area (Å²) in [6.07, 6.45) is -3.75. The average Bonchev–Trinajstić information content (AvgIpc) is 2.58. The second kappa shape index (κ2) is 7.57. The molecule has 0 aromatic heterocycles. The van der Waals surface area contributed by atoms with Crippen LogP contribution in [0, 0.1) is 0 Å². The van der Waals surface area contributed by atoms with Crippen LogP contribution in [0.1, 0.15) is 24.5 Å². The van der Waals surface area contributed by atoms with E-state index in [0.29, 0.717) is 23.5 Å². The number of halogens is 3. The zero-order chi connectivity index (χ0) is 17.7. The zero-order valence-electron chi connectivity index (χ0n) is 13.5. The predicted molar refractivity (Wildman–Crippen MR) is 85.1 cm³/mol. The molecule has 3 nitrogen and oxygen atoms in total. The summed E-state index contributed by atoms with van der Waals surface area (Å²) in [5.74, 6) is 0.529. The second-order valence-electron chi connectivity index (χ2n) is 5.24. The summed E-state index contributed by atoms with van der Waals surface area (Å²) < 4.78 is 50.6. The van der Waals surface area contributed by atoms with Crippen molar-refractivity contribution in [3.63, 3.8) is 0 Å². The standard InChI is InChI=1S/C18H19F3O3/c1-3-8-24-17-9-12(4-5-13(17)11-22)15-7-6-14(23-2)10-16(15)18(19,20)21/h4-7,9-10,22H,3,8,11H2,1-2H3. The monoisotopic (exact) mass is 340 g/mol. The van der Waals surface area contributed by atoms with Gasteiger partial charge in [0, 0.05) is 5.56 Å². The number of methoxy groups -OCH3 is 1. The fourth-order valence-corrected chi connectivity index (χ4v) is 2.34. The highest BCUT2D eigenvalue weighted by Crippen LogP contribution is 2.40. The van der Waals surface area contributed by atoms with Gasteiger partial charge in [-0.2, -0.15) is 13.2 Å². The minimum Gasteiger partial charge on any atom is -0.497 e. The molecule has 0 unspecified atom stereocenters. The zero-order valence-corrected chi connectivity index (χ0v) is 13.5. The highest BCUT2D eigenvalue weighted by molar-refractivity contribution is 5.71. The van der Waals surface area contributed by atoms with Crippen molar-refractivity contribution >= 4 is 0 Å². The molecule has 130 valence electrons. The van der Waals surface area contributed by atoms with E-state index < -0.39 is 11.7 Å². The molecule has 0 aliphatic rings. The van der Waals surface area contributed by atoms with Gasteiger partial charge < -0.3 is 14.6 Å². The lowest BCUT2D eigenvalue weighted by Gasteiger charge is -2.16. The molecule has 2 rings (SSSR count). The highest BCUT2D eigenvalue weighted by Gasteiger charge is 2.34. The Hall–Kier alpha value is -2.21. The lowest BCUT2D eigenvalue weighted by molar-refractivity contribution is -0.137. The van der Waals surface area contributed by atoms with E-state index in [-0.39, 0.29) is 17.9 Å². The van der Waals surface area contributed by atoms with Gasteiger partial charge in [-0.3, -0.25) is 0 Å². The molecule has 1 N–H and O–H groups in total. The Morgan fingerprint density at radius 1 is 1.08 bits per heavy atom. The van der Waals surface area contributed by atoms with Crippen LogP contribution in [0.25, 0.3) is 11.1 Å². The van der Waals surface area contributed by atoms with Crippen molar-refractivity contribution in [1.29, 1.82) is 0 Å². The normalized spacial score (nSPS) is 11.4. The lowest BCUT2D eigenvalue weighted by Crippen LogP contribution is -2.08. The summed E-state index contributed by atoms with van der Waals surface area (Å²) in [6.45, 7) is 2.10. The third-order valence-corrected chi connectivity index (χ3v) is 3.54. The molecule has 2 aromatic rings. The third kappa shape index (κ3) is 4.00. The number of aliphatic hydroxyl groups is 1. The van der Waals surface area contributed by atoms with Crippen LogP contribution in [-0.2, 0) is 12.8 Å². The summed E-state index contributed by atoms with van der Waals surface area (Å²) in [4.78, 5) is 0. The van der Waals surface area contributed by atoms with E-state index in [1.54, 1.807) is 12.1 Å². The van der Waals surface area contributed by atoms with Gasteiger partial charge in [-0.25, -0.2) is 0 Å². The first-order valence-electron chi connectivity index (χ1n) is 7.53. The largest absolute Gasteiger partial charge is 0.497 e. The van der Waals surface area contributed by atoms with Gasteiger partial charge in [-0.05, 0) is 35.7 Å². The van der Waals surface area contributed by atoms with E-state index in [0.717, 1.165) is 12.5 Å². The number of aliphatic hydroxyl groups excluding tert-OH is 1. The molecule has 0 bridgehead atoms. The molecule has 0 spiro atoms. The van der Waals surface area contributed by atoms with E-state index in [9.17, 15) is 18.3 Å². The van der Waals surface area contributed by atoms with Gasteiger partial charge in [0.2, 0.25) is 0 Å². The van der Waals surface area contributed by atoms with Crippen LogP contribution in [0.3, 0.4) is 0 Å². The Morgan fingerprint density at radius 3 is 2.42 bits per heavy atom. The molecule has 0 saturated carbocycles. The molecule has 6 heteroatoms. The summed E-state index contributed by atoms with van der Waals surface area (Å²) >= 11 is 0. The second-order valence-corrected chi connectivity index (χ2v) is 5.24. The summed E-state index contributed by atoms with van der Waals surface area (Å²) in [7, 11) is 1.32. The van der Waals surface area contributed by atoms with Crippen LogP contribution in [0.15, 0.2) is 36.4 Å². The first-order chi connectivity index (χ1) is 11.4. The Kier molecular flexibility index (Phi) is 5.72. The third-order valence-electron chi connectivity index (χ3n) is 3.54. The van der Waals surface area contributed by atoms with Crippen molar-refractivity contribution in [2.45, 2.75) is 26.1 Å². The topological polar surface area (TPSA) is 38.7 Å². The van der Waals surface area contributed by atoms with Gasteiger partial charge in [0.05, 0.1) is 25.9 Å². The number of hydrogen-bond acceptors (Lipinski definition) is 3. The van der Waals surface area contributed by atoms with Crippen molar-refractivity contribution in [3.8, 4) is 22.6 Å². The van der Waals surface area contributed by atoms with Crippen molar-refractivity contribution in [2.75, 3.05) is 13.7 Å². The van der Waals surface area contributed by atoms with Crippen LogP contribution in [0.5, 0.6) is 11.5 Å². The predicted octanol–water partition coefficient (Wildman–Crippen LogP) is 4.66. The SMILES string of the molecule is CCCOc1cc(-c2ccc(OC)cc2C(F)(F)F)ccc1CO. The molecule has 0 radical (unpaired) electrons. The van der Waals surface area contributed by atoms with E-state index in [1.807, 2.05) is 6.92 Å². The van der Waals surface area contributed by atoms with Crippen LogP contribution >= 0.6 is 0 Å². The van der Waals surface area contributed by atoms with Gasteiger partial charge in [0.1, 0.15) is 11.5 Å². The smallest absolute Gasteiger partial charge is 0.417 e. The number of alkyl halides is 3. The van der Waals surface area contributed by atoms with Crippen molar-refractivity contribution in [1.82, 2.24) is 0 Å². The Balaban J connectivity index is 2.55. The number of rotatable bonds is 6. The minimum atomic E-state index is -4.51. The first kappa shape index (κ1) is 18.1. The van der Waals surface area contributed by atoms with Crippen LogP contribution in [0.4, 0.5) is 13.2 Å². The average molecular weight is 340 g/mol. The Morgan fingerprint density at radius 2 is 1.83 bits per heavy atom. The molecule has 0 atom stereocenters. The summed E-state index contributed by atoms with van der Waals surface area (Å²) in [5, 5.41) is 9.35. The maximum atomic E-state index is 13.4. The van der Waals surface area contributed by atoms with Crippen LogP contribution in [-0.4, -0.2) is 18.8 Å². The highest BCUT2D eigenvalue weighted by atomic mass is 19.4. The molecule has 0 heterocycles. The van der Waals surface area contributed by atoms with Crippen molar-refractivity contribution in [3.05, 3.63) is 47.5 Å². The minimum absolute atomic E-state index is 0.0362. The number of ether oxygens (including phenoxy) is 2. The molecule has 0 aliphatic carbocycles. The Labute approximate surface area is 138 Å². The van der Waals surface area contributed by atoms with Crippen molar-refractivity contribution in [2.24, 2.45) is 0 Å². The van der Waals surface area contributed by atoms with E-state index >= 15 is 0 Å². The molecule has 0 aliphatic heterocycles. The van der Waals surface area contributed by atoms with Crippen LogP contribution < -0.4 is 9.47 Å². The summed E-state index contributed by atoms with van der Waals surface area (Å²) in [5.41, 5.74) is 0.164. The number of benzene rings is 2. The number of hydrogen-bond donors (Lipinski definition) is 1. The summed E-state index contributed by atoms with van der Waals surface area (Å²) in [6, 6.07) is 8.47. The molecular weight excluding hydrogens is 321 g/mol. The molecule has 0 saturated heterocycles. The molecule has 24 heavy (non-hydrogen) atoms. The fourth-order valence-electron chi connectivity index (χ4n) is 2.34. The lowest BCUT2D eigenvalue weighted by atomic mass is 9.97. The molecular formula is C18H19F3O3. The van der Waals surface area contributed by atoms with Gasteiger partial charge in [-0.15, -0.1) is 0 Å². The van der Waals surface area contributed by atoms with E-state index in [2.05, 4.69) is 0 Å². The Bertz CT molecular complexity index is 696. The van der Waals surface area contributed by atoms with Gasteiger partial charge in [0.25, 0.3) is 0 Å². The van der Waals surface area contributed by atoms with E-state index in [1.165, 1.54) is 25.3 Å². The van der Waals surface area contributed by atoms with Crippen LogP contribution in [0.2, 0.25) is 0 Å². The fraction of sp³-hybridized carbons (Fsp3) is 0.333. The molecule has 2 aromatic carbocycles. The first-order valence-corrected chi connectivity index (χ1v) is 7.53.